The van der Waals surface area contributed by atoms with Crippen molar-refractivity contribution in [2.45, 2.75) is 19.5 Å². The van der Waals surface area contributed by atoms with Gasteiger partial charge in [0.2, 0.25) is 11.8 Å². The summed E-state index contributed by atoms with van der Waals surface area (Å²) in [6.45, 7) is 4.89. The van der Waals surface area contributed by atoms with Gasteiger partial charge in [0.05, 0.1) is 38.4 Å². The van der Waals surface area contributed by atoms with Crippen LogP contribution in [-0.4, -0.2) is 72.3 Å². The van der Waals surface area contributed by atoms with Crippen LogP contribution in [0.5, 0.6) is 0 Å². The Morgan fingerprint density at radius 1 is 1.03 bits per heavy atom. The van der Waals surface area contributed by atoms with E-state index in [0.29, 0.717) is 38.5 Å². The molecule has 2 amide bonds. The van der Waals surface area contributed by atoms with Crippen LogP contribution in [-0.2, 0) is 22.7 Å². The first-order valence-electron chi connectivity index (χ1n) is 10.6. The molecular weight excluding hydrogens is 394 g/mol. The van der Waals surface area contributed by atoms with Crippen LogP contribution in [0.1, 0.15) is 17.7 Å². The molecule has 0 unspecified atom stereocenters. The lowest BCUT2D eigenvalue weighted by molar-refractivity contribution is -0.134. The lowest BCUT2D eigenvalue weighted by Gasteiger charge is -2.34. The molecule has 2 heterocycles. The standard InChI is InChI=1S/C23H29N5O3/c24-9-5-10-28(17-21-8-4-15-31-21)23(30)19-27-13-11-26(12-14-27)18-22(29)25-16-20-6-2-1-3-7-20/h1-4,6-8,15H,5,10-14,16-19H2,(H,25,29). The highest BCUT2D eigenvalue weighted by atomic mass is 16.3. The third-order valence-electron chi connectivity index (χ3n) is 5.30. The summed E-state index contributed by atoms with van der Waals surface area (Å²) in [4.78, 5) is 30.9. The van der Waals surface area contributed by atoms with Gasteiger partial charge in [0, 0.05) is 39.3 Å². The largest absolute Gasteiger partial charge is 0.467 e. The molecule has 2 aromatic rings. The lowest BCUT2D eigenvalue weighted by atomic mass is 10.2. The maximum absolute atomic E-state index is 12.8. The second kappa shape index (κ2) is 11.9. The zero-order valence-corrected chi connectivity index (χ0v) is 17.7. The van der Waals surface area contributed by atoms with Crippen LogP contribution < -0.4 is 5.32 Å². The van der Waals surface area contributed by atoms with Gasteiger partial charge < -0.3 is 14.6 Å². The van der Waals surface area contributed by atoms with Gasteiger partial charge in [-0.1, -0.05) is 30.3 Å². The number of nitrogens with zero attached hydrogens (tertiary/aromatic N) is 4. The van der Waals surface area contributed by atoms with Gasteiger partial charge in [-0.05, 0) is 17.7 Å². The number of rotatable bonds is 10. The fourth-order valence-electron chi connectivity index (χ4n) is 3.52. The molecule has 0 spiro atoms. The van der Waals surface area contributed by atoms with E-state index in [9.17, 15) is 9.59 Å². The first kappa shape index (κ1) is 22.5. The van der Waals surface area contributed by atoms with Gasteiger partial charge in [-0.2, -0.15) is 5.26 Å². The number of nitriles is 1. The predicted molar refractivity (Wildman–Crippen MR) is 116 cm³/mol. The minimum atomic E-state index is -0.0132. The molecule has 1 aromatic carbocycles. The number of amides is 2. The van der Waals surface area contributed by atoms with Crippen molar-refractivity contribution >= 4 is 11.8 Å². The van der Waals surface area contributed by atoms with E-state index in [0.717, 1.165) is 31.7 Å². The van der Waals surface area contributed by atoms with E-state index >= 15 is 0 Å². The molecule has 0 atom stereocenters. The summed E-state index contributed by atoms with van der Waals surface area (Å²) in [6.07, 6.45) is 1.87. The summed E-state index contributed by atoms with van der Waals surface area (Å²) in [6, 6.07) is 15.6. The molecular formula is C23H29N5O3. The van der Waals surface area contributed by atoms with Gasteiger partial charge in [-0.25, -0.2) is 0 Å². The van der Waals surface area contributed by atoms with Crippen molar-refractivity contribution in [2.75, 3.05) is 45.8 Å². The zero-order chi connectivity index (χ0) is 21.9. The molecule has 164 valence electrons. The van der Waals surface area contributed by atoms with E-state index in [1.165, 1.54) is 0 Å². The minimum Gasteiger partial charge on any atom is -0.467 e. The maximum atomic E-state index is 12.8. The van der Waals surface area contributed by atoms with Gasteiger partial charge >= 0.3 is 0 Å². The number of carbonyl (C=O) groups is 2. The van der Waals surface area contributed by atoms with E-state index in [1.807, 2.05) is 36.4 Å². The molecule has 0 saturated carbocycles. The van der Waals surface area contributed by atoms with Crippen molar-refractivity contribution in [3.05, 3.63) is 60.1 Å². The van der Waals surface area contributed by atoms with Crippen molar-refractivity contribution in [3.8, 4) is 6.07 Å². The zero-order valence-electron chi connectivity index (χ0n) is 17.7. The molecule has 1 aliphatic rings. The molecule has 3 rings (SSSR count). The molecule has 31 heavy (non-hydrogen) atoms. The van der Waals surface area contributed by atoms with Crippen LogP contribution in [0.2, 0.25) is 0 Å². The minimum absolute atomic E-state index is 0.00880. The average molecular weight is 424 g/mol. The Morgan fingerprint density at radius 3 is 2.39 bits per heavy atom. The summed E-state index contributed by atoms with van der Waals surface area (Å²) < 4.78 is 5.35. The fraction of sp³-hybridized carbons (Fsp3) is 0.435. The first-order valence-corrected chi connectivity index (χ1v) is 10.6. The molecule has 1 fully saturated rings. The third kappa shape index (κ3) is 7.55. The van der Waals surface area contributed by atoms with Crippen LogP contribution in [0.25, 0.3) is 0 Å². The van der Waals surface area contributed by atoms with Crippen molar-refractivity contribution in [3.63, 3.8) is 0 Å². The van der Waals surface area contributed by atoms with Crippen LogP contribution in [0.4, 0.5) is 0 Å². The molecule has 1 aliphatic heterocycles. The van der Waals surface area contributed by atoms with Gasteiger partial charge in [0.1, 0.15) is 5.76 Å². The quantitative estimate of drug-likeness (QED) is 0.622. The Balaban J connectivity index is 1.39. The molecule has 8 nitrogen and oxygen atoms in total. The smallest absolute Gasteiger partial charge is 0.237 e. The van der Waals surface area contributed by atoms with E-state index in [-0.39, 0.29) is 18.2 Å². The highest BCUT2D eigenvalue weighted by Crippen LogP contribution is 2.09. The van der Waals surface area contributed by atoms with Crippen molar-refractivity contribution < 1.29 is 14.0 Å². The molecule has 0 bridgehead atoms. The predicted octanol–water partition coefficient (Wildman–Crippen LogP) is 1.46. The number of hydrogen-bond donors (Lipinski definition) is 1. The summed E-state index contributed by atoms with van der Waals surface area (Å²) in [5.74, 6) is 0.702. The van der Waals surface area contributed by atoms with E-state index < -0.39 is 0 Å². The van der Waals surface area contributed by atoms with Gasteiger partial charge in [-0.3, -0.25) is 19.4 Å². The van der Waals surface area contributed by atoms with E-state index in [2.05, 4.69) is 21.2 Å². The highest BCUT2D eigenvalue weighted by molar-refractivity contribution is 5.78. The Labute approximate surface area is 183 Å². The summed E-state index contributed by atoms with van der Waals surface area (Å²) in [5, 5.41) is 11.8. The Bertz CT molecular complexity index is 855. The van der Waals surface area contributed by atoms with Gasteiger partial charge in [0.25, 0.3) is 0 Å². The van der Waals surface area contributed by atoms with Gasteiger partial charge in [-0.15, -0.1) is 0 Å². The lowest BCUT2D eigenvalue weighted by Crippen LogP contribution is -2.51. The van der Waals surface area contributed by atoms with Crippen LogP contribution in [0, 0.1) is 11.3 Å². The molecule has 1 aromatic heterocycles. The van der Waals surface area contributed by atoms with Crippen LogP contribution in [0.15, 0.2) is 53.1 Å². The molecule has 1 saturated heterocycles. The first-order chi connectivity index (χ1) is 15.1. The van der Waals surface area contributed by atoms with Crippen LogP contribution in [0.3, 0.4) is 0 Å². The summed E-state index contributed by atoms with van der Waals surface area (Å²) >= 11 is 0. The summed E-state index contributed by atoms with van der Waals surface area (Å²) in [7, 11) is 0. The Kier molecular flexibility index (Phi) is 8.64. The highest BCUT2D eigenvalue weighted by Gasteiger charge is 2.23. The second-order valence-electron chi connectivity index (χ2n) is 7.62. The summed E-state index contributed by atoms with van der Waals surface area (Å²) in [5.41, 5.74) is 1.08. The normalized spacial score (nSPS) is 14.7. The number of hydrogen-bond acceptors (Lipinski definition) is 6. The monoisotopic (exact) mass is 423 g/mol. The average Bonchev–Trinajstić information content (AvgIpc) is 3.30. The Hall–Kier alpha value is -3.15. The number of furan rings is 1. The van der Waals surface area contributed by atoms with Crippen LogP contribution >= 0.6 is 0 Å². The molecule has 8 heteroatoms. The van der Waals surface area contributed by atoms with E-state index in [1.54, 1.807) is 17.2 Å². The number of piperazine rings is 1. The van der Waals surface area contributed by atoms with Crippen molar-refractivity contribution in [1.82, 2.24) is 20.0 Å². The second-order valence-corrected chi connectivity index (χ2v) is 7.62. The third-order valence-corrected chi connectivity index (χ3v) is 5.30. The van der Waals surface area contributed by atoms with Crippen molar-refractivity contribution in [1.29, 1.82) is 5.26 Å². The molecule has 0 aliphatic carbocycles. The van der Waals surface area contributed by atoms with E-state index in [4.69, 9.17) is 9.68 Å². The topological polar surface area (TPSA) is 92.8 Å². The molecule has 1 N–H and O–H groups in total. The van der Waals surface area contributed by atoms with Crippen molar-refractivity contribution in [2.24, 2.45) is 0 Å². The number of benzene rings is 1. The Morgan fingerprint density at radius 2 is 1.74 bits per heavy atom. The fourth-order valence-corrected chi connectivity index (χ4v) is 3.52. The van der Waals surface area contributed by atoms with Gasteiger partial charge in [0.15, 0.2) is 0 Å². The molecule has 0 radical (unpaired) electrons. The SMILES string of the molecule is N#CCCN(Cc1ccco1)C(=O)CN1CCN(CC(=O)NCc2ccccc2)CC1. The number of carbonyl (C=O) groups excluding carboxylic acids is 2. The number of nitrogens with one attached hydrogen (secondary N) is 1. The maximum Gasteiger partial charge on any atom is 0.237 e.